The molecule has 0 bridgehead atoms. The van der Waals surface area contributed by atoms with Crippen LogP contribution < -0.4 is 0 Å². The number of aldehydes is 1. The quantitative estimate of drug-likeness (QED) is 0.496. The Hall–Kier alpha value is -0.850. The normalized spacial score (nSPS) is 49.6. The maximum atomic E-state index is 11.8. The Morgan fingerprint density at radius 1 is 1.19 bits per heavy atom. The van der Waals surface area contributed by atoms with Gasteiger partial charge in [0.15, 0.2) is 0 Å². The zero-order valence-electron chi connectivity index (χ0n) is 14.0. The zero-order valence-corrected chi connectivity index (χ0v) is 14.0. The van der Waals surface area contributed by atoms with Gasteiger partial charge in [-0.05, 0) is 55.8 Å². The summed E-state index contributed by atoms with van der Waals surface area (Å²) in [6, 6.07) is 0. The summed E-state index contributed by atoms with van der Waals surface area (Å²) < 4.78 is 0. The highest BCUT2D eigenvalue weighted by Gasteiger charge is 2.55. The van der Waals surface area contributed by atoms with E-state index in [0.717, 1.165) is 6.42 Å². The van der Waals surface area contributed by atoms with Crippen molar-refractivity contribution in [1.29, 1.82) is 0 Å². The Labute approximate surface area is 129 Å². The van der Waals surface area contributed by atoms with E-state index in [1.54, 1.807) is 5.57 Å². The maximum Gasteiger partial charge on any atom is 0.126 e. The van der Waals surface area contributed by atoms with Crippen LogP contribution in [-0.4, -0.2) is 6.29 Å². The third kappa shape index (κ3) is 2.15. The molecule has 0 radical (unpaired) electrons. The molecule has 0 aromatic carbocycles. The van der Waals surface area contributed by atoms with Gasteiger partial charge in [-0.25, -0.2) is 0 Å². The molecule has 5 atom stereocenters. The van der Waals surface area contributed by atoms with Gasteiger partial charge >= 0.3 is 0 Å². The molecule has 0 N–H and O–H groups in total. The Bertz CT molecular complexity index is 490. The summed E-state index contributed by atoms with van der Waals surface area (Å²) in [7, 11) is 0. The number of allylic oxidation sites excluding steroid dienone is 3. The fourth-order valence-electron chi connectivity index (χ4n) is 5.88. The Morgan fingerprint density at radius 2 is 1.95 bits per heavy atom. The molecule has 0 aromatic heterocycles. The molecule has 2 fully saturated rings. The summed E-state index contributed by atoms with van der Waals surface area (Å²) in [5.74, 6) is 1.27. The molecule has 3 aliphatic rings. The van der Waals surface area contributed by atoms with Gasteiger partial charge in [0.2, 0.25) is 0 Å². The second-order valence-corrected chi connectivity index (χ2v) is 8.59. The average molecular weight is 286 g/mol. The van der Waals surface area contributed by atoms with Crippen LogP contribution in [0.5, 0.6) is 0 Å². The summed E-state index contributed by atoms with van der Waals surface area (Å²) in [4.78, 5) is 11.8. The summed E-state index contributed by atoms with van der Waals surface area (Å²) in [6.45, 7) is 11.0. The first-order chi connectivity index (χ1) is 9.87. The standard InChI is InChI=1S/C20H30O/c1-5-18(2)12-9-16-15(13-18)7-8-17-19(3,14-21)10-6-11-20(16,17)4/h5,13-14,16-17H,1,6-12H2,2-4H3/t16-,17-,18+,19+,20+/m0/s1. The molecule has 1 heteroatoms. The van der Waals surface area contributed by atoms with Gasteiger partial charge in [-0.15, -0.1) is 6.58 Å². The lowest BCUT2D eigenvalue weighted by Crippen LogP contribution is -2.52. The molecule has 1 nitrogen and oxygen atoms in total. The molecule has 3 rings (SSSR count). The lowest BCUT2D eigenvalue weighted by molar-refractivity contribution is -0.131. The van der Waals surface area contributed by atoms with E-state index in [2.05, 4.69) is 39.5 Å². The van der Waals surface area contributed by atoms with Crippen LogP contribution in [0.3, 0.4) is 0 Å². The van der Waals surface area contributed by atoms with Gasteiger partial charge in [-0.2, -0.15) is 0 Å². The highest BCUT2D eigenvalue weighted by molar-refractivity contribution is 5.60. The molecule has 0 aromatic rings. The van der Waals surface area contributed by atoms with Crippen molar-refractivity contribution >= 4 is 6.29 Å². The lowest BCUT2D eigenvalue weighted by atomic mass is 9.45. The predicted molar refractivity (Wildman–Crippen MR) is 88.0 cm³/mol. The minimum atomic E-state index is -0.0856. The van der Waals surface area contributed by atoms with Crippen LogP contribution in [0.25, 0.3) is 0 Å². The Balaban J connectivity index is 1.98. The summed E-state index contributed by atoms with van der Waals surface area (Å²) in [5.41, 5.74) is 2.10. The van der Waals surface area contributed by atoms with Gasteiger partial charge in [-0.1, -0.05) is 44.9 Å². The van der Waals surface area contributed by atoms with Crippen molar-refractivity contribution in [1.82, 2.24) is 0 Å². The van der Waals surface area contributed by atoms with E-state index in [0.29, 0.717) is 17.3 Å². The molecule has 3 aliphatic carbocycles. The number of carbonyl (C=O) groups excluding carboxylic acids is 1. The fourth-order valence-corrected chi connectivity index (χ4v) is 5.88. The highest BCUT2D eigenvalue weighted by Crippen LogP contribution is 2.63. The predicted octanol–water partition coefficient (Wildman–Crippen LogP) is 5.32. The van der Waals surface area contributed by atoms with Gasteiger partial charge in [0.05, 0.1) is 0 Å². The van der Waals surface area contributed by atoms with Crippen LogP contribution in [-0.2, 0) is 4.79 Å². The Kier molecular flexibility index (Phi) is 3.46. The molecule has 0 amide bonds. The SMILES string of the molecule is C=C[C@@]1(C)C=C2CC[C@@H]3[C@](C)(CCC[C@]3(C)C=O)[C@H]2CC1. The van der Waals surface area contributed by atoms with Crippen LogP contribution in [0.2, 0.25) is 0 Å². The number of hydrogen-bond acceptors (Lipinski definition) is 1. The topological polar surface area (TPSA) is 17.1 Å². The average Bonchev–Trinajstić information content (AvgIpc) is 2.46. The van der Waals surface area contributed by atoms with E-state index in [4.69, 9.17) is 0 Å². The highest BCUT2D eigenvalue weighted by atomic mass is 16.1. The largest absolute Gasteiger partial charge is 0.303 e. The fraction of sp³-hybridized carbons (Fsp3) is 0.750. The van der Waals surface area contributed by atoms with E-state index in [9.17, 15) is 4.79 Å². The van der Waals surface area contributed by atoms with Crippen LogP contribution in [0.1, 0.15) is 65.7 Å². The molecular weight excluding hydrogens is 256 g/mol. The molecule has 0 aliphatic heterocycles. The molecule has 116 valence electrons. The van der Waals surface area contributed by atoms with Crippen molar-refractivity contribution in [2.24, 2.45) is 28.1 Å². The summed E-state index contributed by atoms with van der Waals surface area (Å²) >= 11 is 0. The molecule has 2 saturated carbocycles. The first kappa shape index (κ1) is 15.1. The van der Waals surface area contributed by atoms with Gasteiger partial charge in [0, 0.05) is 10.8 Å². The van der Waals surface area contributed by atoms with Gasteiger partial charge in [0.1, 0.15) is 6.29 Å². The van der Waals surface area contributed by atoms with E-state index in [-0.39, 0.29) is 10.8 Å². The van der Waals surface area contributed by atoms with E-state index < -0.39 is 0 Å². The maximum absolute atomic E-state index is 11.8. The first-order valence-corrected chi connectivity index (χ1v) is 8.68. The van der Waals surface area contributed by atoms with E-state index >= 15 is 0 Å². The van der Waals surface area contributed by atoms with Crippen LogP contribution in [0.4, 0.5) is 0 Å². The van der Waals surface area contributed by atoms with Crippen molar-refractivity contribution in [2.45, 2.75) is 65.7 Å². The van der Waals surface area contributed by atoms with Crippen molar-refractivity contribution < 1.29 is 4.79 Å². The zero-order chi connectivity index (χ0) is 15.3. The number of hydrogen-bond donors (Lipinski definition) is 0. The second kappa shape index (κ2) is 4.83. The third-order valence-electron chi connectivity index (χ3n) is 7.21. The van der Waals surface area contributed by atoms with Crippen molar-refractivity contribution in [3.05, 3.63) is 24.3 Å². The molecule has 0 unspecified atom stereocenters. The van der Waals surface area contributed by atoms with Crippen LogP contribution >= 0.6 is 0 Å². The number of rotatable bonds is 2. The number of carbonyl (C=O) groups is 1. The van der Waals surface area contributed by atoms with Crippen LogP contribution in [0.15, 0.2) is 24.3 Å². The van der Waals surface area contributed by atoms with Gasteiger partial charge in [-0.3, -0.25) is 0 Å². The smallest absolute Gasteiger partial charge is 0.126 e. The number of fused-ring (bicyclic) bond motifs is 3. The minimum absolute atomic E-state index is 0.0856. The van der Waals surface area contributed by atoms with Crippen molar-refractivity contribution in [2.75, 3.05) is 0 Å². The molecular formula is C20H30O. The van der Waals surface area contributed by atoms with Crippen LogP contribution in [0, 0.1) is 28.1 Å². The first-order valence-electron chi connectivity index (χ1n) is 8.68. The van der Waals surface area contributed by atoms with E-state index in [1.807, 2.05) is 0 Å². The van der Waals surface area contributed by atoms with Gasteiger partial charge < -0.3 is 4.79 Å². The molecule has 21 heavy (non-hydrogen) atoms. The third-order valence-corrected chi connectivity index (χ3v) is 7.21. The summed E-state index contributed by atoms with van der Waals surface area (Å²) in [6.07, 6.45) is 14.4. The van der Waals surface area contributed by atoms with Crippen molar-refractivity contribution in [3.63, 3.8) is 0 Å². The summed E-state index contributed by atoms with van der Waals surface area (Å²) in [5, 5.41) is 0. The second-order valence-electron chi connectivity index (χ2n) is 8.59. The Morgan fingerprint density at radius 3 is 2.62 bits per heavy atom. The monoisotopic (exact) mass is 286 g/mol. The van der Waals surface area contributed by atoms with Crippen molar-refractivity contribution in [3.8, 4) is 0 Å². The lowest BCUT2D eigenvalue weighted by Gasteiger charge is -2.59. The van der Waals surface area contributed by atoms with Gasteiger partial charge in [0.25, 0.3) is 0 Å². The molecule has 0 saturated heterocycles. The van der Waals surface area contributed by atoms with E-state index in [1.165, 1.54) is 44.8 Å². The molecule has 0 heterocycles. The molecule has 0 spiro atoms. The minimum Gasteiger partial charge on any atom is -0.303 e.